The van der Waals surface area contributed by atoms with E-state index in [9.17, 15) is 4.79 Å². The predicted molar refractivity (Wildman–Crippen MR) is 138 cm³/mol. The first-order chi connectivity index (χ1) is 17.6. The number of nitrogens with two attached hydrogens (primary N) is 1. The molecule has 7 nitrogen and oxygen atoms in total. The number of pyridine rings is 1. The van der Waals surface area contributed by atoms with Crippen LogP contribution in [0.4, 0.5) is 5.95 Å². The zero-order valence-electron chi connectivity index (χ0n) is 20.1. The molecule has 6 rings (SSSR count). The van der Waals surface area contributed by atoms with Gasteiger partial charge in [-0.25, -0.2) is 9.97 Å². The number of likely N-dealkylation sites (tertiary alicyclic amines) is 1. The molecule has 0 spiro atoms. The number of anilines is 1. The van der Waals surface area contributed by atoms with Crippen LogP contribution in [0.1, 0.15) is 55.7 Å². The number of hydrogen-bond acceptors (Lipinski definition) is 5. The number of nitrogen functional groups attached to an aromatic ring is 1. The van der Waals surface area contributed by atoms with Gasteiger partial charge in [-0.1, -0.05) is 5.92 Å². The second kappa shape index (κ2) is 9.04. The summed E-state index contributed by atoms with van der Waals surface area (Å²) < 4.78 is 7.99. The third-order valence-corrected chi connectivity index (χ3v) is 7.02. The minimum absolute atomic E-state index is 0.0451. The van der Waals surface area contributed by atoms with Crippen LogP contribution in [0.5, 0.6) is 11.6 Å². The second-order valence-electron chi connectivity index (χ2n) is 9.37. The van der Waals surface area contributed by atoms with E-state index in [0.717, 1.165) is 40.9 Å². The molecule has 1 atom stereocenters. The van der Waals surface area contributed by atoms with Crippen LogP contribution in [0.25, 0.3) is 16.8 Å². The van der Waals surface area contributed by atoms with Crippen molar-refractivity contribution in [2.45, 2.75) is 44.6 Å². The predicted octanol–water partition coefficient (Wildman–Crippen LogP) is 5.34. The molecule has 1 saturated carbocycles. The standard InChI is InChI=1S/C29H27N5O2/c1-2-4-28(35)33-16-3-5-24(33)23-18-26(34-25(23)13-15-32-29(34)30)20-8-10-22(11-9-20)36-27-17-21(12-14-31-27)19-6-7-19/h8-15,17-19,24H,3,5-7,16H2,1H3,(H2,30,32). The van der Waals surface area contributed by atoms with Gasteiger partial charge in [-0.2, -0.15) is 0 Å². The Morgan fingerprint density at radius 2 is 1.86 bits per heavy atom. The molecule has 180 valence electrons. The summed E-state index contributed by atoms with van der Waals surface area (Å²) in [5.41, 5.74) is 11.5. The zero-order chi connectivity index (χ0) is 24.6. The Morgan fingerprint density at radius 3 is 2.64 bits per heavy atom. The SMILES string of the molecule is CC#CC(=O)N1CCCC1c1cc(-c2ccc(Oc3cc(C4CC4)ccn3)cc2)n2c(N)nccc12. The summed E-state index contributed by atoms with van der Waals surface area (Å²) in [6.07, 6.45) is 7.83. The Hall–Kier alpha value is -4.31. The molecule has 4 aromatic rings. The van der Waals surface area contributed by atoms with E-state index < -0.39 is 0 Å². The fourth-order valence-electron chi connectivity index (χ4n) is 5.16. The maximum absolute atomic E-state index is 12.6. The summed E-state index contributed by atoms with van der Waals surface area (Å²) >= 11 is 0. The van der Waals surface area contributed by atoms with Gasteiger partial charge in [0.25, 0.3) is 5.91 Å². The third kappa shape index (κ3) is 4.05. The minimum Gasteiger partial charge on any atom is -0.439 e. The van der Waals surface area contributed by atoms with Crippen LogP contribution in [0.2, 0.25) is 0 Å². The van der Waals surface area contributed by atoms with Gasteiger partial charge >= 0.3 is 0 Å². The Balaban J connectivity index is 1.34. The smallest absolute Gasteiger partial charge is 0.298 e. The van der Waals surface area contributed by atoms with Crippen LogP contribution < -0.4 is 10.5 Å². The van der Waals surface area contributed by atoms with Crippen molar-refractivity contribution in [2.24, 2.45) is 0 Å². The van der Waals surface area contributed by atoms with Crippen molar-refractivity contribution < 1.29 is 9.53 Å². The van der Waals surface area contributed by atoms with Crippen molar-refractivity contribution in [3.8, 4) is 34.7 Å². The number of hydrogen-bond donors (Lipinski definition) is 1. The van der Waals surface area contributed by atoms with Crippen molar-refractivity contribution in [2.75, 3.05) is 12.3 Å². The molecule has 36 heavy (non-hydrogen) atoms. The first-order valence-corrected chi connectivity index (χ1v) is 12.4. The van der Waals surface area contributed by atoms with Crippen molar-refractivity contribution in [3.05, 3.63) is 72.1 Å². The Bertz CT molecular complexity index is 1510. The van der Waals surface area contributed by atoms with Crippen LogP contribution in [0.15, 0.2) is 60.9 Å². The average Bonchev–Trinajstić information content (AvgIpc) is 3.50. The van der Waals surface area contributed by atoms with Crippen molar-refractivity contribution in [3.63, 3.8) is 0 Å². The van der Waals surface area contributed by atoms with Gasteiger partial charge < -0.3 is 15.4 Å². The summed E-state index contributed by atoms with van der Waals surface area (Å²) in [6, 6.07) is 16.0. The molecule has 0 radical (unpaired) electrons. The summed E-state index contributed by atoms with van der Waals surface area (Å²) in [6.45, 7) is 2.39. The highest BCUT2D eigenvalue weighted by atomic mass is 16.5. The molecular formula is C29H27N5O2. The van der Waals surface area contributed by atoms with E-state index in [1.165, 1.54) is 18.4 Å². The molecule has 1 amide bonds. The lowest BCUT2D eigenvalue weighted by Gasteiger charge is -2.22. The first-order valence-electron chi connectivity index (χ1n) is 12.4. The molecule has 2 fully saturated rings. The maximum Gasteiger partial charge on any atom is 0.298 e. The summed E-state index contributed by atoms with van der Waals surface area (Å²) in [4.78, 5) is 23.2. The number of amides is 1. The second-order valence-corrected chi connectivity index (χ2v) is 9.37. The molecule has 3 aromatic heterocycles. The highest BCUT2D eigenvalue weighted by Gasteiger charge is 2.32. The molecule has 1 aliphatic carbocycles. The number of benzene rings is 1. The van der Waals surface area contributed by atoms with Gasteiger partial charge in [0.1, 0.15) is 5.75 Å². The average molecular weight is 478 g/mol. The van der Waals surface area contributed by atoms with Gasteiger partial charge in [0.05, 0.1) is 17.3 Å². The number of rotatable bonds is 5. The maximum atomic E-state index is 12.6. The number of aromatic nitrogens is 3. The van der Waals surface area contributed by atoms with E-state index in [4.69, 9.17) is 10.5 Å². The zero-order valence-corrected chi connectivity index (χ0v) is 20.1. The van der Waals surface area contributed by atoms with E-state index in [-0.39, 0.29) is 11.9 Å². The molecule has 1 saturated heterocycles. The van der Waals surface area contributed by atoms with Crippen LogP contribution in [0.3, 0.4) is 0 Å². The number of carbonyl (C=O) groups is 1. The van der Waals surface area contributed by atoms with Crippen LogP contribution in [-0.4, -0.2) is 31.7 Å². The Labute approximate surface area is 209 Å². The van der Waals surface area contributed by atoms with Crippen molar-refractivity contribution in [1.29, 1.82) is 0 Å². The monoisotopic (exact) mass is 477 g/mol. The van der Waals surface area contributed by atoms with Crippen molar-refractivity contribution in [1.82, 2.24) is 19.3 Å². The molecule has 1 unspecified atom stereocenters. The molecule has 1 aliphatic heterocycles. The molecule has 4 heterocycles. The fourth-order valence-corrected chi connectivity index (χ4v) is 5.16. The van der Waals surface area contributed by atoms with E-state index in [0.29, 0.717) is 24.3 Å². The Kier molecular flexibility index (Phi) is 5.57. The highest BCUT2D eigenvalue weighted by Crippen LogP contribution is 2.41. The van der Waals surface area contributed by atoms with Gasteiger partial charge in [-0.05, 0) is 98.0 Å². The number of carbonyl (C=O) groups excluding carboxylic acids is 1. The number of nitrogens with zero attached hydrogens (tertiary/aromatic N) is 4. The van der Waals surface area contributed by atoms with Gasteiger partial charge in [0.2, 0.25) is 11.8 Å². The summed E-state index contributed by atoms with van der Waals surface area (Å²) in [7, 11) is 0. The summed E-state index contributed by atoms with van der Waals surface area (Å²) in [5, 5.41) is 0. The van der Waals surface area contributed by atoms with E-state index in [1.54, 1.807) is 13.1 Å². The van der Waals surface area contributed by atoms with Gasteiger partial charge in [0, 0.05) is 30.6 Å². The Morgan fingerprint density at radius 1 is 1.06 bits per heavy atom. The lowest BCUT2D eigenvalue weighted by Crippen LogP contribution is -2.29. The lowest BCUT2D eigenvalue weighted by atomic mass is 10.0. The van der Waals surface area contributed by atoms with Gasteiger partial charge in [-0.15, -0.1) is 0 Å². The first kappa shape index (κ1) is 22.2. The third-order valence-electron chi connectivity index (χ3n) is 7.02. The molecular weight excluding hydrogens is 450 g/mol. The minimum atomic E-state index is -0.135. The molecule has 0 bridgehead atoms. The molecule has 2 aliphatic rings. The normalized spacial score (nSPS) is 17.1. The van der Waals surface area contributed by atoms with Crippen LogP contribution in [0, 0.1) is 11.8 Å². The molecule has 7 heteroatoms. The van der Waals surface area contributed by atoms with Crippen LogP contribution >= 0.6 is 0 Å². The van der Waals surface area contributed by atoms with Crippen molar-refractivity contribution >= 4 is 17.4 Å². The molecule has 2 N–H and O–H groups in total. The van der Waals surface area contributed by atoms with Gasteiger partial charge in [0.15, 0.2) is 0 Å². The van der Waals surface area contributed by atoms with E-state index in [2.05, 4.69) is 33.9 Å². The topological polar surface area (TPSA) is 85.8 Å². The van der Waals surface area contributed by atoms with Gasteiger partial charge in [-0.3, -0.25) is 9.20 Å². The van der Waals surface area contributed by atoms with E-state index in [1.807, 2.05) is 51.9 Å². The number of ether oxygens (including phenoxy) is 1. The molecule has 1 aromatic carbocycles. The summed E-state index contributed by atoms with van der Waals surface area (Å²) in [5.74, 6) is 7.68. The largest absolute Gasteiger partial charge is 0.439 e. The van der Waals surface area contributed by atoms with E-state index >= 15 is 0 Å². The number of fused-ring (bicyclic) bond motifs is 1. The highest BCUT2D eigenvalue weighted by molar-refractivity contribution is 5.94. The quantitative estimate of drug-likeness (QED) is 0.393. The lowest BCUT2D eigenvalue weighted by molar-refractivity contribution is -0.125. The van der Waals surface area contributed by atoms with Crippen LogP contribution in [-0.2, 0) is 4.79 Å². The fraction of sp³-hybridized carbons (Fsp3) is 0.276.